The van der Waals surface area contributed by atoms with Gasteiger partial charge in [0.2, 0.25) is 0 Å². The van der Waals surface area contributed by atoms with E-state index in [9.17, 15) is 9.59 Å². The van der Waals surface area contributed by atoms with Crippen molar-refractivity contribution < 1.29 is 14.3 Å². The SMILES string of the molecule is O=C(Nc1ccc(Oc2ccccc2)cc1)C1=CN2CCC3C=CC=C(C1=O)C32. The van der Waals surface area contributed by atoms with Crippen molar-refractivity contribution in [3.63, 3.8) is 0 Å². The normalized spacial score (nSPS) is 21.9. The molecule has 2 atom stereocenters. The second-order valence-corrected chi connectivity index (χ2v) is 7.41. The molecule has 3 aliphatic rings. The van der Waals surface area contributed by atoms with Gasteiger partial charge in [-0.25, -0.2) is 0 Å². The van der Waals surface area contributed by atoms with Crippen LogP contribution in [0.3, 0.4) is 0 Å². The van der Waals surface area contributed by atoms with Gasteiger partial charge in [-0.3, -0.25) is 9.59 Å². The van der Waals surface area contributed by atoms with Crippen molar-refractivity contribution in [1.29, 1.82) is 0 Å². The number of amides is 1. The average molecular weight is 384 g/mol. The first-order valence-corrected chi connectivity index (χ1v) is 9.74. The summed E-state index contributed by atoms with van der Waals surface area (Å²) in [5, 5.41) is 2.83. The van der Waals surface area contributed by atoms with E-state index in [4.69, 9.17) is 4.74 Å². The maximum atomic E-state index is 12.9. The molecule has 1 fully saturated rings. The summed E-state index contributed by atoms with van der Waals surface area (Å²) in [5.41, 5.74) is 1.52. The van der Waals surface area contributed by atoms with Gasteiger partial charge in [-0.1, -0.05) is 36.4 Å². The van der Waals surface area contributed by atoms with E-state index in [2.05, 4.69) is 16.3 Å². The summed E-state index contributed by atoms with van der Waals surface area (Å²) in [4.78, 5) is 27.8. The van der Waals surface area contributed by atoms with E-state index in [0.29, 0.717) is 22.9 Å². The Morgan fingerprint density at radius 3 is 2.59 bits per heavy atom. The third-order valence-electron chi connectivity index (χ3n) is 5.57. The van der Waals surface area contributed by atoms with Gasteiger partial charge in [0.1, 0.15) is 17.1 Å². The summed E-state index contributed by atoms with van der Waals surface area (Å²) in [6.07, 6.45) is 8.66. The van der Waals surface area contributed by atoms with Gasteiger partial charge < -0.3 is 15.0 Å². The largest absolute Gasteiger partial charge is 0.457 e. The van der Waals surface area contributed by atoms with Crippen molar-refractivity contribution in [1.82, 2.24) is 4.90 Å². The summed E-state index contributed by atoms with van der Waals surface area (Å²) >= 11 is 0. The van der Waals surface area contributed by atoms with Gasteiger partial charge in [0.05, 0.1) is 6.04 Å². The van der Waals surface area contributed by atoms with Gasteiger partial charge in [0.25, 0.3) is 5.91 Å². The van der Waals surface area contributed by atoms with Gasteiger partial charge in [-0.2, -0.15) is 0 Å². The van der Waals surface area contributed by atoms with Gasteiger partial charge in [0.15, 0.2) is 5.78 Å². The first-order chi connectivity index (χ1) is 14.2. The molecule has 5 nitrogen and oxygen atoms in total. The van der Waals surface area contributed by atoms with E-state index in [0.717, 1.165) is 18.7 Å². The quantitative estimate of drug-likeness (QED) is 0.808. The smallest absolute Gasteiger partial charge is 0.261 e. The van der Waals surface area contributed by atoms with E-state index < -0.39 is 0 Å². The Balaban J connectivity index is 1.31. The van der Waals surface area contributed by atoms with Gasteiger partial charge >= 0.3 is 0 Å². The maximum absolute atomic E-state index is 12.9. The van der Waals surface area contributed by atoms with Crippen LogP contribution in [0.25, 0.3) is 0 Å². The lowest BCUT2D eigenvalue weighted by Gasteiger charge is -2.34. The third kappa shape index (κ3) is 3.25. The summed E-state index contributed by atoms with van der Waals surface area (Å²) in [6, 6.07) is 16.7. The Bertz CT molecular complexity index is 1050. The van der Waals surface area contributed by atoms with Crippen LogP contribution >= 0.6 is 0 Å². The van der Waals surface area contributed by atoms with Crippen LogP contribution in [0.4, 0.5) is 5.69 Å². The van der Waals surface area contributed by atoms with Crippen LogP contribution in [-0.2, 0) is 9.59 Å². The standard InChI is InChI=1S/C24H20N2O3/c27-23-20-8-4-5-16-13-14-26(22(16)20)15-21(23)24(28)25-17-9-11-19(12-10-17)29-18-6-2-1-3-7-18/h1-12,15-16,22H,13-14H2,(H,25,28). The van der Waals surface area contributed by atoms with Crippen molar-refractivity contribution in [2.45, 2.75) is 12.5 Å². The summed E-state index contributed by atoms with van der Waals surface area (Å²) in [7, 11) is 0. The maximum Gasteiger partial charge on any atom is 0.261 e. The van der Waals surface area contributed by atoms with Crippen molar-refractivity contribution in [2.75, 3.05) is 11.9 Å². The Labute approximate surface area is 169 Å². The number of allylic oxidation sites excluding steroid dienone is 2. The zero-order chi connectivity index (χ0) is 19.8. The molecule has 2 aromatic rings. The number of hydrogen-bond donors (Lipinski definition) is 1. The number of nitrogens with one attached hydrogen (secondary N) is 1. The van der Waals surface area contributed by atoms with Gasteiger partial charge in [-0.05, 0) is 42.8 Å². The number of nitrogens with zero attached hydrogens (tertiary/aromatic N) is 1. The molecule has 0 radical (unpaired) electrons. The number of Topliss-reactive ketones (excluding diaryl/α,β-unsaturated/α-hetero) is 1. The van der Waals surface area contributed by atoms with Crippen molar-refractivity contribution >= 4 is 17.4 Å². The zero-order valence-corrected chi connectivity index (χ0v) is 15.7. The summed E-state index contributed by atoms with van der Waals surface area (Å²) < 4.78 is 5.77. The van der Waals surface area contributed by atoms with E-state index in [-0.39, 0.29) is 23.3 Å². The van der Waals surface area contributed by atoms with E-state index >= 15 is 0 Å². The molecular weight excluding hydrogens is 364 g/mol. The first-order valence-electron chi connectivity index (χ1n) is 9.74. The number of carbonyl (C=O) groups is 2. The second kappa shape index (κ2) is 7.09. The number of benzene rings is 2. The Kier molecular flexibility index (Phi) is 4.28. The predicted molar refractivity (Wildman–Crippen MR) is 111 cm³/mol. The van der Waals surface area contributed by atoms with E-state index in [1.54, 1.807) is 30.5 Å². The van der Waals surface area contributed by atoms with Crippen LogP contribution in [0.2, 0.25) is 0 Å². The molecule has 1 amide bonds. The topological polar surface area (TPSA) is 58.6 Å². The molecule has 1 aliphatic carbocycles. The number of rotatable bonds is 4. The van der Waals surface area contributed by atoms with E-state index in [1.807, 2.05) is 42.5 Å². The fourth-order valence-corrected chi connectivity index (χ4v) is 4.18. The highest BCUT2D eigenvalue weighted by Gasteiger charge is 2.43. The first kappa shape index (κ1) is 17.5. The molecule has 144 valence electrons. The fourth-order valence-electron chi connectivity index (χ4n) is 4.18. The van der Waals surface area contributed by atoms with Crippen molar-refractivity contribution in [3.05, 3.63) is 90.2 Å². The predicted octanol–water partition coefficient (Wildman–Crippen LogP) is 4.07. The van der Waals surface area contributed by atoms with Crippen LogP contribution in [0.15, 0.2) is 90.2 Å². The van der Waals surface area contributed by atoms with Crippen LogP contribution in [-0.4, -0.2) is 29.2 Å². The van der Waals surface area contributed by atoms with Crippen LogP contribution < -0.4 is 10.1 Å². The van der Waals surface area contributed by atoms with Crippen LogP contribution in [0, 0.1) is 5.92 Å². The molecule has 1 N–H and O–H groups in total. The molecule has 2 aromatic carbocycles. The van der Waals surface area contributed by atoms with Gasteiger partial charge in [-0.15, -0.1) is 0 Å². The zero-order valence-electron chi connectivity index (χ0n) is 15.7. The molecule has 2 aliphatic heterocycles. The molecular formula is C24H20N2O3. The number of anilines is 1. The average Bonchev–Trinajstić information content (AvgIpc) is 3.17. The fraction of sp³-hybridized carbons (Fsp3) is 0.167. The number of ketones is 1. The Morgan fingerprint density at radius 1 is 1.03 bits per heavy atom. The Morgan fingerprint density at radius 2 is 1.79 bits per heavy atom. The van der Waals surface area contributed by atoms with E-state index in [1.165, 1.54) is 0 Å². The third-order valence-corrected chi connectivity index (χ3v) is 5.57. The lowest BCUT2D eigenvalue weighted by Crippen LogP contribution is -2.41. The highest BCUT2D eigenvalue weighted by atomic mass is 16.5. The molecule has 2 unspecified atom stereocenters. The molecule has 2 heterocycles. The molecule has 0 spiro atoms. The van der Waals surface area contributed by atoms with Crippen molar-refractivity contribution in [2.24, 2.45) is 5.92 Å². The summed E-state index contributed by atoms with van der Waals surface area (Å²) in [5.74, 6) is 1.22. The molecule has 1 saturated heterocycles. The number of ether oxygens (including phenoxy) is 1. The number of para-hydroxylation sites is 1. The summed E-state index contributed by atoms with van der Waals surface area (Å²) in [6.45, 7) is 0.854. The lowest BCUT2D eigenvalue weighted by atomic mass is 9.83. The Hall–Kier alpha value is -3.60. The molecule has 5 rings (SSSR count). The van der Waals surface area contributed by atoms with Gasteiger partial charge in [0, 0.05) is 29.9 Å². The monoisotopic (exact) mass is 384 g/mol. The molecule has 0 bridgehead atoms. The van der Waals surface area contributed by atoms with Crippen molar-refractivity contribution in [3.8, 4) is 11.5 Å². The highest BCUT2D eigenvalue weighted by molar-refractivity contribution is 6.29. The second-order valence-electron chi connectivity index (χ2n) is 7.41. The van der Waals surface area contributed by atoms with Crippen LogP contribution in [0.1, 0.15) is 6.42 Å². The molecule has 0 saturated carbocycles. The highest BCUT2D eigenvalue weighted by Crippen LogP contribution is 2.38. The number of hydrogen-bond acceptors (Lipinski definition) is 4. The molecule has 5 heteroatoms. The van der Waals surface area contributed by atoms with Crippen LogP contribution in [0.5, 0.6) is 11.5 Å². The lowest BCUT2D eigenvalue weighted by molar-refractivity contribution is -0.119. The number of carbonyl (C=O) groups excluding carboxylic acids is 2. The minimum Gasteiger partial charge on any atom is -0.457 e. The minimum atomic E-state index is -0.385. The molecule has 0 aromatic heterocycles. The minimum absolute atomic E-state index is 0.0819. The molecule has 29 heavy (non-hydrogen) atoms.